The molecule has 0 bridgehead atoms. The summed E-state index contributed by atoms with van der Waals surface area (Å²) in [4.78, 5) is 38.2. The number of unbranched alkanes of at least 4 members (excludes halogenated alkanes) is 2. The van der Waals surface area contributed by atoms with E-state index in [-0.39, 0.29) is 18.7 Å². The average molecular weight is 416 g/mol. The lowest BCUT2D eigenvalue weighted by Crippen LogP contribution is -2.47. The minimum atomic E-state index is -1.36. The summed E-state index contributed by atoms with van der Waals surface area (Å²) in [5.74, 6) is -2.98. The van der Waals surface area contributed by atoms with E-state index in [4.69, 9.17) is 5.11 Å². The molecule has 0 aliphatic carbocycles. The molecule has 0 saturated heterocycles. The predicted octanol–water partition coefficient (Wildman–Crippen LogP) is 2.24. The molecule has 0 spiro atoms. The minimum absolute atomic E-state index is 0.0204. The first-order valence-electron chi connectivity index (χ1n) is 9.38. The summed E-state index contributed by atoms with van der Waals surface area (Å²) in [6.07, 6.45) is 1.44. The number of rotatable bonds is 9. The first-order valence-corrected chi connectivity index (χ1v) is 9.38. The van der Waals surface area contributed by atoms with Crippen molar-refractivity contribution in [3.05, 3.63) is 59.7 Å². The largest absolute Gasteiger partial charge is 0.504 e. The van der Waals surface area contributed by atoms with Crippen LogP contribution in [0.3, 0.4) is 0 Å². The van der Waals surface area contributed by atoms with Gasteiger partial charge in [-0.3, -0.25) is 9.69 Å². The smallest absolute Gasteiger partial charge is 0.330 e. The van der Waals surface area contributed by atoms with E-state index in [1.165, 1.54) is 6.07 Å². The van der Waals surface area contributed by atoms with E-state index < -0.39 is 35.4 Å². The summed E-state index contributed by atoms with van der Waals surface area (Å²) in [5.41, 5.74) is 0.294. The van der Waals surface area contributed by atoms with Gasteiger partial charge in [0.1, 0.15) is 0 Å². The number of phenolic OH excluding ortho intramolecular Hbond substituents is 2. The van der Waals surface area contributed by atoms with Crippen LogP contribution >= 0.6 is 0 Å². The molecule has 9 heteroatoms. The Labute approximate surface area is 173 Å². The van der Waals surface area contributed by atoms with E-state index in [0.29, 0.717) is 24.8 Å². The fourth-order valence-electron chi connectivity index (χ4n) is 2.80. The van der Waals surface area contributed by atoms with Crippen molar-refractivity contribution in [1.29, 1.82) is 0 Å². The molecule has 0 saturated carbocycles. The van der Waals surface area contributed by atoms with Gasteiger partial charge in [-0.2, -0.15) is 0 Å². The summed E-state index contributed by atoms with van der Waals surface area (Å²) in [6.45, 7) is -0.0471. The molecule has 0 radical (unpaired) electrons. The van der Waals surface area contributed by atoms with Crippen LogP contribution in [0.5, 0.6) is 11.5 Å². The Hall–Kier alpha value is -3.59. The van der Waals surface area contributed by atoms with Gasteiger partial charge in [0.25, 0.3) is 5.91 Å². The summed E-state index contributed by atoms with van der Waals surface area (Å²) >= 11 is 0. The van der Waals surface area contributed by atoms with Crippen LogP contribution in [0, 0.1) is 0 Å². The third kappa shape index (κ3) is 5.95. The standard InChI is InChI=1S/C21H24N2O7/c24-12-6-2-5-11-23(19(27)15-9-10-16(25)17(26)13-15)21(30)22-18(20(28)29)14-7-3-1-4-8-14/h1,3-4,7-10,13,18,24-26H,2,5-6,11-12H2,(H,22,30)(H,28,29). The molecule has 2 aromatic rings. The van der Waals surface area contributed by atoms with E-state index in [2.05, 4.69) is 5.32 Å². The highest BCUT2D eigenvalue weighted by molar-refractivity contribution is 6.05. The summed E-state index contributed by atoms with van der Waals surface area (Å²) in [5, 5.41) is 39.9. The lowest BCUT2D eigenvalue weighted by molar-refractivity contribution is -0.139. The Kier molecular flexibility index (Phi) is 8.18. The summed E-state index contributed by atoms with van der Waals surface area (Å²) in [7, 11) is 0. The normalized spacial score (nSPS) is 11.5. The monoisotopic (exact) mass is 416 g/mol. The number of phenols is 2. The zero-order valence-electron chi connectivity index (χ0n) is 16.2. The third-order valence-corrected chi connectivity index (χ3v) is 4.40. The number of aliphatic hydroxyl groups excluding tert-OH is 1. The molecule has 1 unspecified atom stereocenters. The number of carbonyl (C=O) groups excluding carboxylic acids is 2. The Bertz CT molecular complexity index is 886. The number of amides is 3. The van der Waals surface area contributed by atoms with Gasteiger partial charge in [-0.05, 0) is 43.0 Å². The molecule has 0 aliphatic rings. The van der Waals surface area contributed by atoms with Gasteiger partial charge in [0, 0.05) is 18.7 Å². The zero-order valence-corrected chi connectivity index (χ0v) is 16.2. The fraction of sp³-hybridized carbons (Fsp3) is 0.286. The topological polar surface area (TPSA) is 147 Å². The van der Waals surface area contributed by atoms with Crippen molar-refractivity contribution in [3.63, 3.8) is 0 Å². The quantitative estimate of drug-likeness (QED) is 0.311. The number of benzene rings is 2. The van der Waals surface area contributed by atoms with E-state index in [1.807, 2.05) is 0 Å². The number of hydrogen-bond acceptors (Lipinski definition) is 6. The maximum atomic E-state index is 12.9. The SMILES string of the molecule is O=C(O)C(NC(=O)N(CCCCCO)C(=O)c1ccc(O)c(O)c1)c1ccccc1. The number of aromatic hydroxyl groups is 2. The van der Waals surface area contributed by atoms with Crippen LogP contribution in [0.15, 0.2) is 48.5 Å². The Morgan fingerprint density at radius 3 is 2.23 bits per heavy atom. The first kappa shape index (κ1) is 22.7. The van der Waals surface area contributed by atoms with Crippen molar-refractivity contribution in [2.24, 2.45) is 0 Å². The van der Waals surface area contributed by atoms with Crippen molar-refractivity contribution < 1.29 is 34.8 Å². The minimum Gasteiger partial charge on any atom is -0.504 e. The van der Waals surface area contributed by atoms with Gasteiger partial charge in [-0.25, -0.2) is 9.59 Å². The van der Waals surface area contributed by atoms with Gasteiger partial charge in [0.2, 0.25) is 0 Å². The highest BCUT2D eigenvalue weighted by atomic mass is 16.4. The van der Waals surface area contributed by atoms with Crippen LogP contribution in [-0.2, 0) is 4.79 Å². The molecule has 5 N–H and O–H groups in total. The average Bonchev–Trinajstić information content (AvgIpc) is 2.73. The predicted molar refractivity (Wildman–Crippen MR) is 107 cm³/mol. The molecular weight excluding hydrogens is 392 g/mol. The molecule has 0 aromatic heterocycles. The second-order valence-corrected chi connectivity index (χ2v) is 6.58. The van der Waals surface area contributed by atoms with Crippen LogP contribution in [-0.4, -0.2) is 56.4 Å². The molecule has 3 amide bonds. The zero-order chi connectivity index (χ0) is 22.1. The Balaban J connectivity index is 2.25. The molecule has 2 rings (SSSR count). The third-order valence-electron chi connectivity index (χ3n) is 4.40. The van der Waals surface area contributed by atoms with Crippen molar-refractivity contribution in [1.82, 2.24) is 10.2 Å². The number of carboxylic acids is 1. The van der Waals surface area contributed by atoms with Crippen molar-refractivity contribution in [2.45, 2.75) is 25.3 Å². The van der Waals surface area contributed by atoms with Gasteiger partial charge in [0.05, 0.1) is 0 Å². The van der Waals surface area contributed by atoms with Gasteiger partial charge >= 0.3 is 12.0 Å². The van der Waals surface area contributed by atoms with E-state index in [9.17, 15) is 29.7 Å². The number of nitrogens with zero attached hydrogens (tertiary/aromatic N) is 1. The number of carbonyl (C=O) groups is 3. The van der Waals surface area contributed by atoms with Crippen LogP contribution in [0.25, 0.3) is 0 Å². The van der Waals surface area contributed by atoms with E-state index >= 15 is 0 Å². The van der Waals surface area contributed by atoms with Crippen LogP contribution in [0.1, 0.15) is 41.2 Å². The van der Waals surface area contributed by atoms with Gasteiger partial charge in [0.15, 0.2) is 17.5 Å². The molecule has 1 atom stereocenters. The second-order valence-electron chi connectivity index (χ2n) is 6.58. The second kappa shape index (κ2) is 10.8. The highest BCUT2D eigenvalue weighted by Crippen LogP contribution is 2.25. The van der Waals surface area contributed by atoms with Crippen LogP contribution in [0.2, 0.25) is 0 Å². The number of urea groups is 1. The summed E-state index contributed by atoms with van der Waals surface area (Å²) in [6, 6.07) is 9.19. The number of aliphatic hydroxyl groups is 1. The lowest BCUT2D eigenvalue weighted by atomic mass is 10.1. The summed E-state index contributed by atoms with van der Waals surface area (Å²) < 4.78 is 0. The molecule has 160 valence electrons. The lowest BCUT2D eigenvalue weighted by Gasteiger charge is -2.24. The van der Waals surface area contributed by atoms with Crippen molar-refractivity contribution in [2.75, 3.05) is 13.2 Å². The number of aliphatic carboxylic acids is 1. The van der Waals surface area contributed by atoms with Crippen molar-refractivity contribution in [3.8, 4) is 11.5 Å². The van der Waals surface area contributed by atoms with Crippen molar-refractivity contribution >= 4 is 17.9 Å². The fourth-order valence-corrected chi connectivity index (χ4v) is 2.80. The highest BCUT2D eigenvalue weighted by Gasteiger charge is 2.28. The van der Waals surface area contributed by atoms with Crippen LogP contribution in [0.4, 0.5) is 4.79 Å². The first-order chi connectivity index (χ1) is 14.3. The molecule has 2 aromatic carbocycles. The number of hydrogen-bond donors (Lipinski definition) is 5. The number of imide groups is 1. The van der Waals surface area contributed by atoms with Gasteiger partial charge in [-0.15, -0.1) is 0 Å². The molecule has 0 aliphatic heterocycles. The molecule has 0 heterocycles. The molecule has 30 heavy (non-hydrogen) atoms. The number of carboxylic acid groups (broad SMARTS) is 1. The Morgan fingerprint density at radius 1 is 0.933 bits per heavy atom. The Morgan fingerprint density at radius 2 is 1.63 bits per heavy atom. The molecular formula is C21H24N2O7. The molecule has 9 nitrogen and oxygen atoms in total. The van der Waals surface area contributed by atoms with Gasteiger partial charge in [-0.1, -0.05) is 30.3 Å². The van der Waals surface area contributed by atoms with Crippen LogP contribution < -0.4 is 5.32 Å². The maximum Gasteiger partial charge on any atom is 0.330 e. The molecule has 0 fully saturated rings. The van der Waals surface area contributed by atoms with E-state index in [1.54, 1.807) is 30.3 Å². The van der Waals surface area contributed by atoms with E-state index in [0.717, 1.165) is 17.0 Å². The van der Waals surface area contributed by atoms with Gasteiger partial charge < -0.3 is 25.7 Å². The maximum absolute atomic E-state index is 12.9. The number of nitrogens with one attached hydrogen (secondary N) is 1.